The minimum absolute atomic E-state index is 0.117. The van der Waals surface area contributed by atoms with Crippen LogP contribution in [0.25, 0.3) is 0 Å². The predicted octanol–water partition coefficient (Wildman–Crippen LogP) is 1.38. The lowest BCUT2D eigenvalue weighted by Crippen LogP contribution is -2.13. The lowest BCUT2D eigenvalue weighted by Gasteiger charge is -2.13. The van der Waals surface area contributed by atoms with Crippen molar-refractivity contribution in [1.29, 1.82) is 0 Å². The van der Waals surface area contributed by atoms with Crippen molar-refractivity contribution in [3.8, 4) is 0 Å². The van der Waals surface area contributed by atoms with Gasteiger partial charge in [-0.1, -0.05) is 19.1 Å². The number of hydrogen-bond acceptors (Lipinski definition) is 3. The smallest absolute Gasteiger partial charge is 0.337 e. The molecule has 0 heterocycles. The quantitative estimate of drug-likeness (QED) is 0.634. The van der Waals surface area contributed by atoms with Crippen molar-refractivity contribution in [2.24, 2.45) is 5.73 Å². The molecule has 1 atom stereocenters. The Balaban J connectivity index is 3.20. The monoisotopic (exact) mass is 194 g/mol. The number of carboxylic acid groups (broad SMARTS) is 1. The highest BCUT2D eigenvalue weighted by molar-refractivity contribution is 5.94. The Labute approximate surface area is 82.5 Å². The average Bonchev–Trinajstić information content (AvgIpc) is 2.16. The summed E-state index contributed by atoms with van der Waals surface area (Å²) in [5, 5.41) is 8.82. The molecule has 0 aliphatic heterocycles. The predicted molar refractivity (Wildman–Crippen MR) is 55.0 cm³/mol. The standard InChI is InChI=1S/C10H14N2O2/c1-2-8(11)6-4-3-5-7(9(6)12)10(13)14/h3-5,8H,2,11-12H2,1H3,(H,13,14)/t8-/m0/s1. The Morgan fingerprint density at radius 2 is 2.21 bits per heavy atom. The maximum Gasteiger partial charge on any atom is 0.337 e. The van der Waals surface area contributed by atoms with Gasteiger partial charge < -0.3 is 16.6 Å². The van der Waals surface area contributed by atoms with Crippen LogP contribution in [0.1, 0.15) is 35.3 Å². The molecule has 1 aromatic carbocycles. The van der Waals surface area contributed by atoms with Crippen molar-refractivity contribution in [3.63, 3.8) is 0 Å². The van der Waals surface area contributed by atoms with Crippen LogP contribution in [0.3, 0.4) is 0 Å². The molecule has 0 aromatic heterocycles. The highest BCUT2D eigenvalue weighted by atomic mass is 16.4. The van der Waals surface area contributed by atoms with Gasteiger partial charge in [0.2, 0.25) is 0 Å². The van der Waals surface area contributed by atoms with E-state index in [1.165, 1.54) is 6.07 Å². The first-order valence-corrected chi connectivity index (χ1v) is 4.45. The Morgan fingerprint density at radius 3 is 2.71 bits per heavy atom. The lowest BCUT2D eigenvalue weighted by molar-refractivity contribution is 0.0698. The Morgan fingerprint density at radius 1 is 1.57 bits per heavy atom. The van der Waals surface area contributed by atoms with Crippen molar-refractivity contribution in [2.45, 2.75) is 19.4 Å². The third-order valence-electron chi connectivity index (χ3n) is 2.21. The molecule has 0 bridgehead atoms. The van der Waals surface area contributed by atoms with Gasteiger partial charge >= 0.3 is 5.97 Å². The van der Waals surface area contributed by atoms with E-state index in [4.69, 9.17) is 16.6 Å². The number of nitrogens with two attached hydrogens (primary N) is 2. The topological polar surface area (TPSA) is 89.3 Å². The number of aromatic carboxylic acids is 1. The number of carbonyl (C=O) groups is 1. The molecule has 5 N–H and O–H groups in total. The van der Waals surface area contributed by atoms with Gasteiger partial charge in [-0.3, -0.25) is 0 Å². The summed E-state index contributed by atoms with van der Waals surface area (Å²) < 4.78 is 0. The molecule has 0 saturated heterocycles. The second-order valence-corrected chi connectivity index (χ2v) is 3.13. The third-order valence-corrected chi connectivity index (χ3v) is 2.21. The van der Waals surface area contributed by atoms with Crippen LogP contribution in [0, 0.1) is 0 Å². The molecular formula is C10H14N2O2. The highest BCUT2D eigenvalue weighted by Gasteiger charge is 2.14. The fourth-order valence-corrected chi connectivity index (χ4v) is 1.31. The molecule has 4 heteroatoms. The molecular weight excluding hydrogens is 180 g/mol. The van der Waals surface area contributed by atoms with E-state index in [-0.39, 0.29) is 17.3 Å². The Kier molecular flexibility index (Phi) is 3.09. The van der Waals surface area contributed by atoms with Gasteiger partial charge in [0.15, 0.2) is 0 Å². The largest absolute Gasteiger partial charge is 0.478 e. The second kappa shape index (κ2) is 4.11. The third kappa shape index (κ3) is 1.85. The summed E-state index contributed by atoms with van der Waals surface area (Å²) in [5.41, 5.74) is 12.6. The fraction of sp³-hybridized carbons (Fsp3) is 0.300. The first kappa shape index (κ1) is 10.5. The molecule has 0 radical (unpaired) electrons. The van der Waals surface area contributed by atoms with Crippen LogP contribution in [0.5, 0.6) is 0 Å². The van der Waals surface area contributed by atoms with E-state index >= 15 is 0 Å². The van der Waals surface area contributed by atoms with Gasteiger partial charge in [-0.15, -0.1) is 0 Å². The van der Waals surface area contributed by atoms with E-state index in [1.54, 1.807) is 12.1 Å². The number of anilines is 1. The second-order valence-electron chi connectivity index (χ2n) is 3.13. The van der Waals surface area contributed by atoms with E-state index < -0.39 is 5.97 Å². The first-order chi connectivity index (χ1) is 6.57. The number of nitrogen functional groups attached to an aromatic ring is 1. The molecule has 0 amide bonds. The van der Waals surface area contributed by atoms with Gasteiger partial charge in [-0.25, -0.2) is 4.79 Å². The first-order valence-electron chi connectivity index (χ1n) is 4.45. The van der Waals surface area contributed by atoms with Crippen molar-refractivity contribution < 1.29 is 9.90 Å². The van der Waals surface area contributed by atoms with E-state index in [0.29, 0.717) is 5.56 Å². The lowest BCUT2D eigenvalue weighted by atomic mass is 10.00. The molecule has 0 spiro atoms. The summed E-state index contributed by atoms with van der Waals surface area (Å²) in [5.74, 6) is -1.02. The van der Waals surface area contributed by atoms with Gasteiger partial charge in [-0.2, -0.15) is 0 Å². The molecule has 0 aliphatic carbocycles. The maximum atomic E-state index is 10.8. The van der Waals surface area contributed by atoms with E-state index in [0.717, 1.165) is 6.42 Å². The van der Waals surface area contributed by atoms with Crippen LogP contribution in [-0.2, 0) is 0 Å². The van der Waals surface area contributed by atoms with Crippen LogP contribution in [0.4, 0.5) is 5.69 Å². The zero-order valence-electron chi connectivity index (χ0n) is 8.03. The molecule has 0 aliphatic rings. The maximum absolute atomic E-state index is 10.8. The van der Waals surface area contributed by atoms with Crippen LogP contribution in [0.2, 0.25) is 0 Å². The van der Waals surface area contributed by atoms with Crippen LogP contribution < -0.4 is 11.5 Å². The molecule has 1 rings (SSSR count). The highest BCUT2D eigenvalue weighted by Crippen LogP contribution is 2.24. The number of carboxylic acids is 1. The number of hydrogen-bond donors (Lipinski definition) is 3. The summed E-state index contributed by atoms with van der Waals surface area (Å²) in [6.45, 7) is 1.93. The van der Waals surface area contributed by atoms with E-state index in [2.05, 4.69) is 0 Å². The van der Waals surface area contributed by atoms with Crippen LogP contribution >= 0.6 is 0 Å². The summed E-state index contributed by atoms with van der Waals surface area (Å²) >= 11 is 0. The van der Waals surface area contributed by atoms with Crippen molar-refractivity contribution in [2.75, 3.05) is 5.73 Å². The Hall–Kier alpha value is -1.55. The Bertz CT molecular complexity index is 350. The van der Waals surface area contributed by atoms with Crippen LogP contribution in [0.15, 0.2) is 18.2 Å². The minimum Gasteiger partial charge on any atom is -0.478 e. The normalized spacial score (nSPS) is 12.4. The number of rotatable bonds is 3. The molecule has 0 fully saturated rings. The van der Waals surface area contributed by atoms with Crippen molar-refractivity contribution >= 4 is 11.7 Å². The number of para-hydroxylation sites is 1. The minimum atomic E-state index is -1.02. The van der Waals surface area contributed by atoms with Gasteiger partial charge in [0.1, 0.15) is 0 Å². The van der Waals surface area contributed by atoms with Crippen LogP contribution in [-0.4, -0.2) is 11.1 Å². The zero-order valence-corrected chi connectivity index (χ0v) is 8.03. The van der Waals surface area contributed by atoms with E-state index in [9.17, 15) is 4.79 Å². The van der Waals surface area contributed by atoms with Crippen molar-refractivity contribution in [3.05, 3.63) is 29.3 Å². The van der Waals surface area contributed by atoms with Gasteiger partial charge in [0.05, 0.1) is 11.3 Å². The molecule has 14 heavy (non-hydrogen) atoms. The van der Waals surface area contributed by atoms with E-state index in [1.807, 2.05) is 6.92 Å². The molecule has 0 saturated carbocycles. The fourth-order valence-electron chi connectivity index (χ4n) is 1.31. The molecule has 4 nitrogen and oxygen atoms in total. The molecule has 1 aromatic rings. The van der Waals surface area contributed by atoms with Gasteiger partial charge in [-0.05, 0) is 18.1 Å². The molecule has 0 unspecified atom stereocenters. The van der Waals surface area contributed by atoms with Crippen molar-refractivity contribution in [1.82, 2.24) is 0 Å². The summed E-state index contributed by atoms with van der Waals surface area (Å²) in [6, 6.07) is 4.69. The van der Waals surface area contributed by atoms with Gasteiger partial charge in [0, 0.05) is 6.04 Å². The summed E-state index contributed by atoms with van der Waals surface area (Å²) in [7, 11) is 0. The zero-order chi connectivity index (χ0) is 10.7. The number of benzene rings is 1. The van der Waals surface area contributed by atoms with Gasteiger partial charge in [0.25, 0.3) is 0 Å². The molecule has 76 valence electrons. The average molecular weight is 194 g/mol. The summed E-state index contributed by atoms with van der Waals surface area (Å²) in [4.78, 5) is 10.8. The SMILES string of the molecule is CC[C@H](N)c1cccc(C(=O)O)c1N. The summed E-state index contributed by atoms with van der Waals surface area (Å²) in [6.07, 6.45) is 0.729.